The molecule has 1 aromatic rings. The number of likely N-dealkylation sites (tertiary alicyclic amines) is 1. The molecule has 0 saturated carbocycles. The molecule has 0 amide bonds. The van der Waals surface area contributed by atoms with Crippen molar-refractivity contribution in [3.05, 3.63) is 35.9 Å². The van der Waals surface area contributed by atoms with Gasteiger partial charge in [-0.05, 0) is 44.1 Å². The monoisotopic (exact) mass is 303 g/mol. The van der Waals surface area contributed by atoms with Crippen LogP contribution in [0.1, 0.15) is 31.7 Å². The van der Waals surface area contributed by atoms with Crippen LogP contribution in [0, 0.1) is 5.92 Å². The van der Waals surface area contributed by atoms with E-state index >= 15 is 0 Å². The molecule has 3 rings (SSSR count). The summed E-state index contributed by atoms with van der Waals surface area (Å²) in [5, 5.41) is 0. The molecule has 0 aliphatic carbocycles. The summed E-state index contributed by atoms with van der Waals surface area (Å²) < 4.78 is 11.5. The average Bonchev–Trinajstić information content (AvgIpc) is 2.92. The van der Waals surface area contributed by atoms with Crippen LogP contribution in [-0.2, 0) is 15.9 Å². The molecule has 0 unspecified atom stereocenters. The highest BCUT2D eigenvalue weighted by molar-refractivity contribution is 5.17. The summed E-state index contributed by atoms with van der Waals surface area (Å²) in [5.41, 5.74) is 1.43. The van der Waals surface area contributed by atoms with Crippen molar-refractivity contribution in [1.82, 2.24) is 4.90 Å². The van der Waals surface area contributed by atoms with Crippen LogP contribution in [0.5, 0.6) is 0 Å². The van der Waals surface area contributed by atoms with Gasteiger partial charge in [0.15, 0.2) is 0 Å². The number of hydrogen-bond donors (Lipinski definition) is 0. The molecule has 3 heteroatoms. The molecule has 0 aromatic heterocycles. The van der Waals surface area contributed by atoms with Crippen molar-refractivity contribution in [2.75, 3.05) is 32.9 Å². The van der Waals surface area contributed by atoms with Crippen LogP contribution >= 0.6 is 0 Å². The van der Waals surface area contributed by atoms with E-state index in [-0.39, 0.29) is 0 Å². The molecule has 0 N–H and O–H groups in total. The van der Waals surface area contributed by atoms with E-state index < -0.39 is 0 Å². The topological polar surface area (TPSA) is 21.7 Å². The first-order chi connectivity index (χ1) is 10.9. The Labute approximate surface area is 134 Å². The van der Waals surface area contributed by atoms with Crippen molar-refractivity contribution in [2.24, 2.45) is 5.92 Å². The Bertz CT molecular complexity index is 430. The largest absolute Gasteiger partial charge is 0.381 e. The molecule has 2 atom stereocenters. The number of hydrogen-bond acceptors (Lipinski definition) is 3. The van der Waals surface area contributed by atoms with E-state index in [1.807, 2.05) is 0 Å². The Kier molecular flexibility index (Phi) is 5.88. The quantitative estimate of drug-likeness (QED) is 0.806. The maximum absolute atomic E-state index is 6.04. The molecule has 122 valence electrons. The molecule has 2 heterocycles. The Morgan fingerprint density at radius 3 is 2.64 bits per heavy atom. The van der Waals surface area contributed by atoms with Crippen molar-refractivity contribution >= 4 is 0 Å². The fourth-order valence-corrected chi connectivity index (χ4v) is 3.90. The first-order valence-electron chi connectivity index (χ1n) is 8.84. The summed E-state index contributed by atoms with van der Waals surface area (Å²) in [6, 6.07) is 11.4. The van der Waals surface area contributed by atoms with E-state index in [9.17, 15) is 0 Å². The van der Waals surface area contributed by atoms with E-state index in [1.165, 1.54) is 37.9 Å². The molecule has 3 nitrogen and oxygen atoms in total. The summed E-state index contributed by atoms with van der Waals surface area (Å²) in [5.74, 6) is 0.799. The first-order valence-corrected chi connectivity index (χ1v) is 8.84. The lowest BCUT2D eigenvalue weighted by atomic mass is 9.97. The average molecular weight is 303 g/mol. The Hall–Kier alpha value is -0.900. The fourth-order valence-electron chi connectivity index (χ4n) is 3.90. The van der Waals surface area contributed by atoms with Crippen LogP contribution < -0.4 is 0 Å². The van der Waals surface area contributed by atoms with Crippen molar-refractivity contribution in [3.8, 4) is 0 Å². The van der Waals surface area contributed by atoms with Crippen molar-refractivity contribution < 1.29 is 9.47 Å². The summed E-state index contributed by atoms with van der Waals surface area (Å²) in [7, 11) is 0. The van der Waals surface area contributed by atoms with Gasteiger partial charge in [0.05, 0.1) is 6.10 Å². The fraction of sp³-hybridized carbons (Fsp3) is 0.684. The molecule has 2 aliphatic rings. The predicted octanol–water partition coefficient (Wildman–Crippen LogP) is 3.14. The molecular weight excluding hydrogens is 274 g/mol. The predicted molar refractivity (Wildman–Crippen MR) is 89.1 cm³/mol. The smallest absolute Gasteiger partial charge is 0.0745 e. The summed E-state index contributed by atoms with van der Waals surface area (Å²) >= 11 is 0. The zero-order chi connectivity index (χ0) is 15.2. The van der Waals surface area contributed by atoms with Crippen LogP contribution in [0.25, 0.3) is 0 Å². The molecule has 0 radical (unpaired) electrons. The van der Waals surface area contributed by atoms with Gasteiger partial charge in [0, 0.05) is 39.0 Å². The summed E-state index contributed by atoms with van der Waals surface area (Å²) in [6.07, 6.45) is 5.11. The Morgan fingerprint density at radius 1 is 1.14 bits per heavy atom. The van der Waals surface area contributed by atoms with Gasteiger partial charge in [-0.2, -0.15) is 0 Å². The number of nitrogens with zero attached hydrogens (tertiary/aromatic N) is 1. The lowest BCUT2D eigenvalue weighted by Crippen LogP contribution is -2.41. The molecule has 22 heavy (non-hydrogen) atoms. The van der Waals surface area contributed by atoms with E-state index in [2.05, 4.69) is 42.2 Å². The minimum Gasteiger partial charge on any atom is -0.381 e. The van der Waals surface area contributed by atoms with E-state index in [0.29, 0.717) is 12.1 Å². The lowest BCUT2D eigenvalue weighted by Gasteiger charge is -2.32. The highest BCUT2D eigenvalue weighted by atomic mass is 16.5. The van der Waals surface area contributed by atoms with Gasteiger partial charge in [-0.15, -0.1) is 0 Å². The van der Waals surface area contributed by atoms with Gasteiger partial charge in [-0.25, -0.2) is 0 Å². The highest BCUT2D eigenvalue weighted by Crippen LogP contribution is 2.27. The number of benzene rings is 1. The molecule has 0 bridgehead atoms. The van der Waals surface area contributed by atoms with Crippen LogP contribution in [0.3, 0.4) is 0 Å². The first kappa shape index (κ1) is 16.0. The molecule has 2 fully saturated rings. The molecule has 2 saturated heterocycles. The van der Waals surface area contributed by atoms with Crippen LogP contribution in [-0.4, -0.2) is 50.0 Å². The maximum atomic E-state index is 6.04. The zero-order valence-corrected chi connectivity index (χ0v) is 13.7. The van der Waals surface area contributed by atoms with Crippen molar-refractivity contribution in [1.29, 1.82) is 0 Å². The van der Waals surface area contributed by atoms with Gasteiger partial charge in [-0.3, -0.25) is 4.90 Å². The summed E-state index contributed by atoms with van der Waals surface area (Å²) in [6.45, 7) is 7.21. The second-order valence-electron chi connectivity index (χ2n) is 6.59. The van der Waals surface area contributed by atoms with Crippen LogP contribution in [0.2, 0.25) is 0 Å². The molecule has 2 aliphatic heterocycles. The molecule has 0 spiro atoms. The van der Waals surface area contributed by atoms with Crippen molar-refractivity contribution in [3.63, 3.8) is 0 Å². The minimum atomic E-state index is 0.394. The van der Waals surface area contributed by atoms with Crippen molar-refractivity contribution in [2.45, 2.75) is 44.8 Å². The molecule has 1 aromatic carbocycles. The molecular formula is C19H29NO2. The van der Waals surface area contributed by atoms with Gasteiger partial charge < -0.3 is 9.47 Å². The highest BCUT2D eigenvalue weighted by Gasteiger charge is 2.35. The lowest BCUT2D eigenvalue weighted by molar-refractivity contribution is 0.0198. The SMILES string of the molecule is CCO[C@H]1CCN(CC2CCOCC2)[C@H]1Cc1ccccc1. The van der Waals surface area contributed by atoms with Crippen LogP contribution in [0.15, 0.2) is 30.3 Å². The van der Waals surface area contributed by atoms with Crippen LogP contribution in [0.4, 0.5) is 0 Å². The Balaban J connectivity index is 1.64. The second kappa shape index (κ2) is 8.09. The third-order valence-corrected chi connectivity index (χ3v) is 5.10. The standard InChI is InChI=1S/C19H29NO2/c1-2-22-19-8-11-20(15-17-9-12-21-13-10-17)18(19)14-16-6-4-3-5-7-16/h3-7,17-19H,2,8-15H2,1H3/t18-,19-/m0/s1. The van der Waals surface area contributed by atoms with Gasteiger partial charge in [0.25, 0.3) is 0 Å². The third kappa shape index (κ3) is 4.09. The van der Waals surface area contributed by atoms with Gasteiger partial charge in [0.2, 0.25) is 0 Å². The van der Waals surface area contributed by atoms with Gasteiger partial charge in [0.1, 0.15) is 0 Å². The third-order valence-electron chi connectivity index (χ3n) is 5.10. The number of rotatable bonds is 6. The van der Waals surface area contributed by atoms with Gasteiger partial charge >= 0.3 is 0 Å². The summed E-state index contributed by atoms with van der Waals surface area (Å²) in [4.78, 5) is 2.68. The minimum absolute atomic E-state index is 0.394. The van der Waals surface area contributed by atoms with E-state index in [0.717, 1.165) is 32.2 Å². The zero-order valence-electron chi connectivity index (χ0n) is 13.7. The maximum Gasteiger partial charge on any atom is 0.0745 e. The van der Waals surface area contributed by atoms with Gasteiger partial charge in [-0.1, -0.05) is 30.3 Å². The second-order valence-corrected chi connectivity index (χ2v) is 6.59. The van der Waals surface area contributed by atoms with E-state index in [1.54, 1.807) is 0 Å². The normalized spacial score (nSPS) is 27.3. The number of ether oxygens (including phenoxy) is 2. The van der Waals surface area contributed by atoms with E-state index in [4.69, 9.17) is 9.47 Å². The Morgan fingerprint density at radius 2 is 1.91 bits per heavy atom.